The molecule has 0 aliphatic rings. The van der Waals surface area contributed by atoms with Crippen molar-refractivity contribution in [3.05, 3.63) is 22.8 Å². The molecule has 82 valence electrons. The van der Waals surface area contributed by atoms with Crippen molar-refractivity contribution in [2.75, 3.05) is 7.11 Å². The molecule has 1 rings (SSSR count). The molecule has 0 amide bonds. The Hall–Kier alpha value is -1.33. The van der Waals surface area contributed by atoms with Crippen LogP contribution in [-0.4, -0.2) is 29.2 Å². The first kappa shape index (κ1) is 11.7. The van der Waals surface area contributed by atoms with E-state index < -0.39 is 12.0 Å². The number of methoxy groups -OCH3 is 1. The van der Waals surface area contributed by atoms with Crippen molar-refractivity contribution in [1.29, 1.82) is 0 Å². The molecule has 0 saturated heterocycles. The van der Waals surface area contributed by atoms with E-state index in [-0.39, 0.29) is 6.42 Å². The van der Waals surface area contributed by atoms with Gasteiger partial charge in [-0.25, -0.2) is 4.98 Å². The van der Waals surface area contributed by atoms with Gasteiger partial charge in [0.2, 0.25) is 5.88 Å². The van der Waals surface area contributed by atoms with Crippen molar-refractivity contribution in [2.24, 2.45) is 5.73 Å². The van der Waals surface area contributed by atoms with Crippen LogP contribution in [0.1, 0.15) is 5.56 Å². The van der Waals surface area contributed by atoms with E-state index in [1.165, 1.54) is 13.3 Å². The van der Waals surface area contributed by atoms with E-state index in [9.17, 15) is 4.79 Å². The largest absolute Gasteiger partial charge is 0.481 e. The highest BCUT2D eigenvalue weighted by atomic mass is 35.5. The average molecular weight is 231 g/mol. The molecule has 0 fully saturated rings. The number of ether oxygens (including phenoxy) is 1. The summed E-state index contributed by atoms with van der Waals surface area (Å²) in [6.07, 6.45) is 1.55. The Morgan fingerprint density at radius 2 is 2.47 bits per heavy atom. The van der Waals surface area contributed by atoms with Gasteiger partial charge in [0.05, 0.1) is 12.1 Å². The molecular weight excluding hydrogens is 220 g/mol. The summed E-state index contributed by atoms with van der Waals surface area (Å²) in [7, 11) is 1.47. The molecule has 0 saturated carbocycles. The molecule has 1 atom stereocenters. The molecule has 1 unspecified atom stereocenters. The molecule has 0 bridgehead atoms. The summed E-state index contributed by atoms with van der Waals surface area (Å²) in [5.41, 5.74) is 6.00. The smallest absolute Gasteiger partial charge is 0.320 e. The minimum absolute atomic E-state index is 0.146. The number of carboxylic acid groups (broad SMARTS) is 1. The van der Waals surface area contributed by atoms with E-state index in [1.807, 2.05) is 0 Å². The highest BCUT2D eigenvalue weighted by molar-refractivity contribution is 6.31. The lowest BCUT2D eigenvalue weighted by atomic mass is 10.1. The Bertz CT molecular complexity index is 370. The van der Waals surface area contributed by atoms with Crippen molar-refractivity contribution in [1.82, 2.24) is 4.98 Å². The number of carbonyl (C=O) groups is 1. The second-order valence-corrected chi connectivity index (χ2v) is 3.37. The molecule has 0 radical (unpaired) electrons. The fourth-order valence-electron chi connectivity index (χ4n) is 1.05. The molecule has 5 nitrogen and oxygen atoms in total. The summed E-state index contributed by atoms with van der Waals surface area (Å²) in [4.78, 5) is 14.4. The summed E-state index contributed by atoms with van der Waals surface area (Å²) in [6, 6.07) is 0.597. The maximum Gasteiger partial charge on any atom is 0.320 e. The van der Waals surface area contributed by atoms with E-state index in [1.54, 1.807) is 6.07 Å². The lowest BCUT2D eigenvalue weighted by Crippen LogP contribution is -2.32. The number of aromatic nitrogens is 1. The van der Waals surface area contributed by atoms with Crippen molar-refractivity contribution >= 4 is 17.6 Å². The number of rotatable bonds is 4. The molecular formula is C9H11ClN2O3. The van der Waals surface area contributed by atoms with E-state index in [0.29, 0.717) is 16.5 Å². The number of carboxylic acids is 1. The summed E-state index contributed by atoms with van der Waals surface area (Å²) >= 11 is 5.84. The number of nitrogens with zero attached hydrogens (tertiary/aromatic N) is 1. The molecule has 15 heavy (non-hydrogen) atoms. The van der Waals surface area contributed by atoms with Gasteiger partial charge in [0.1, 0.15) is 6.04 Å². The summed E-state index contributed by atoms with van der Waals surface area (Å²) < 4.78 is 4.89. The van der Waals surface area contributed by atoms with Gasteiger partial charge in [0.15, 0.2) is 0 Å². The Balaban J connectivity index is 2.88. The third-order valence-electron chi connectivity index (χ3n) is 1.88. The van der Waals surface area contributed by atoms with Crippen LogP contribution in [0.25, 0.3) is 0 Å². The lowest BCUT2D eigenvalue weighted by Gasteiger charge is -2.09. The molecule has 6 heteroatoms. The summed E-state index contributed by atoms with van der Waals surface area (Å²) in [6.45, 7) is 0. The van der Waals surface area contributed by atoms with E-state index in [2.05, 4.69) is 4.98 Å². The first-order chi connectivity index (χ1) is 7.04. The zero-order valence-corrected chi connectivity index (χ0v) is 8.86. The van der Waals surface area contributed by atoms with Crippen LogP contribution < -0.4 is 10.5 Å². The highest BCUT2D eigenvalue weighted by Gasteiger charge is 2.14. The quantitative estimate of drug-likeness (QED) is 0.795. The third kappa shape index (κ3) is 3.07. The van der Waals surface area contributed by atoms with Gasteiger partial charge in [-0.1, -0.05) is 11.6 Å². The average Bonchev–Trinajstić information content (AvgIpc) is 2.21. The van der Waals surface area contributed by atoms with Gasteiger partial charge >= 0.3 is 5.97 Å². The molecule has 0 spiro atoms. The van der Waals surface area contributed by atoms with E-state index in [4.69, 9.17) is 27.2 Å². The van der Waals surface area contributed by atoms with Gasteiger partial charge in [0, 0.05) is 12.3 Å². The summed E-state index contributed by atoms with van der Waals surface area (Å²) in [5.74, 6) is -0.686. The zero-order valence-electron chi connectivity index (χ0n) is 8.11. The van der Waals surface area contributed by atoms with Crippen LogP contribution in [0, 0.1) is 0 Å². The minimum Gasteiger partial charge on any atom is -0.481 e. The molecule has 1 aromatic heterocycles. The van der Waals surface area contributed by atoms with Gasteiger partial charge in [-0.05, 0) is 12.0 Å². The van der Waals surface area contributed by atoms with Crippen molar-refractivity contribution < 1.29 is 14.6 Å². The molecule has 0 aromatic carbocycles. The van der Waals surface area contributed by atoms with Gasteiger partial charge < -0.3 is 15.6 Å². The van der Waals surface area contributed by atoms with E-state index in [0.717, 1.165) is 0 Å². The molecule has 0 aliphatic heterocycles. The molecule has 3 N–H and O–H groups in total. The molecule has 0 aliphatic carbocycles. The standard InChI is InChI=1S/C9H11ClN2O3/c1-15-8-3-5(6(10)4-12-8)2-7(11)9(13)14/h3-4,7H,2,11H2,1H3,(H,13,14). The fraction of sp³-hybridized carbons (Fsp3) is 0.333. The van der Waals surface area contributed by atoms with Crippen LogP contribution >= 0.6 is 11.6 Å². The van der Waals surface area contributed by atoms with Gasteiger partial charge in [-0.3, -0.25) is 4.79 Å². The van der Waals surface area contributed by atoms with Crippen LogP contribution in [0.4, 0.5) is 0 Å². The van der Waals surface area contributed by atoms with Gasteiger partial charge in [0.25, 0.3) is 0 Å². The van der Waals surface area contributed by atoms with Crippen molar-refractivity contribution in [2.45, 2.75) is 12.5 Å². The first-order valence-electron chi connectivity index (χ1n) is 4.21. The Morgan fingerprint density at radius 1 is 1.80 bits per heavy atom. The lowest BCUT2D eigenvalue weighted by molar-refractivity contribution is -0.138. The van der Waals surface area contributed by atoms with Gasteiger partial charge in [-0.2, -0.15) is 0 Å². The van der Waals surface area contributed by atoms with E-state index >= 15 is 0 Å². The second kappa shape index (κ2) is 4.95. The maximum absolute atomic E-state index is 10.6. The van der Waals surface area contributed by atoms with Crippen molar-refractivity contribution in [3.63, 3.8) is 0 Å². The zero-order chi connectivity index (χ0) is 11.4. The third-order valence-corrected chi connectivity index (χ3v) is 2.22. The SMILES string of the molecule is COc1cc(CC(N)C(=O)O)c(Cl)cn1. The topological polar surface area (TPSA) is 85.4 Å². The Labute approximate surface area is 91.8 Å². The van der Waals surface area contributed by atoms with Crippen LogP contribution in [0.5, 0.6) is 5.88 Å². The highest BCUT2D eigenvalue weighted by Crippen LogP contribution is 2.20. The van der Waals surface area contributed by atoms with Crippen LogP contribution in [0.3, 0.4) is 0 Å². The van der Waals surface area contributed by atoms with Crippen LogP contribution in [-0.2, 0) is 11.2 Å². The second-order valence-electron chi connectivity index (χ2n) is 2.97. The number of hydrogen-bond acceptors (Lipinski definition) is 4. The number of hydrogen-bond donors (Lipinski definition) is 2. The fourth-order valence-corrected chi connectivity index (χ4v) is 1.23. The predicted molar refractivity (Wildman–Crippen MR) is 55.1 cm³/mol. The van der Waals surface area contributed by atoms with Crippen LogP contribution in [0.2, 0.25) is 5.02 Å². The normalized spacial score (nSPS) is 12.2. The van der Waals surface area contributed by atoms with Crippen molar-refractivity contribution in [3.8, 4) is 5.88 Å². The number of nitrogens with two attached hydrogens (primary N) is 1. The number of pyridine rings is 1. The monoisotopic (exact) mass is 230 g/mol. The first-order valence-corrected chi connectivity index (χ1v) is 4.59. The maximum atomic E-state index is 10.6. The minimum atomic E-state index is -1.07. The predicted octanol–water partition coefficient (Wildman–Crippen LogP) is 0.698. The van der Waals surface area contributed by atoms with Gasteiger partial charge in [-0.15, -0.1) is 0 Å². The Kier molecular flexibility index (Phi) is 3.88. The molecule has 1 aromatic rings. The molecule has 1 heterocycles. The number of halogens is 1. The Morgan fingerprint density at radius 3 is 3.00 bits per heavy atom. The van der Waals surface area contributed by atoms with Crippen LogP contribution in [0.15, 0.2) is 12.3 Å². The number of aliphatic carboxylic acids is 1. The summed E-state index contributed by atoms with van der Waals surface area (Å²) in [5, 5.41) is 9.03.